The minimum atomic E-state index is -3.94. The van der Waals surface area contributed by atoms with Crippen molar-refractivity contribution in [2.75, 3.05) is 11.9 Å². The van der Waals surface area contributed by atoms with Crippen LogP contribution in [0.1, 0.15) is 5.56 Å². The number of aromatic nitrogens is 1. The van der Waals surface area contributed by atoms with Crippen LogP contribution >= 0.6 is 11.6 Å². The molecule has 0 bridgehead atoms. The van der Waals surface area contributed by atoms with E-state index in [9.17, 15) is 17.6 Å². The van der Waals surface area contributed by atoms with E-state index in [1.54, 1.807) is 35.9 Å². The minimum Gasteiger partial charge on any atom is -0.337 e. The average Bonchev–Trinajstić information content (AvgIpc) is 3.16. The smallest absolute Gasteiger partial charge is 0.246 e. The molecule has 0 aliphatic heterocycles. The van der Waals surface area contributed by atoms with Gasteiger partial charge in [-0.2, -0.15) is 0 Å². The molecule has 1 amide bonds. The van der Waals surface area contributed by atoms with E-state index in [1.807, 2.05) is 30.3 Å². The molecule has 0 saturated heterocycles. The molecule has 0 unspecified atom stereocenters. The first kappa shape index (κ1) is 22.0. The third kappa shape index (κ3) is 4.26. The van der Waals surface area contributed by atoms with Gasteiger partial charge in [0.1, 0.15) is 12.4 Å². The third-order valence-corrected chi connectivity index (χ3v) is 7.32. The highest BCUT2D eigenvalue weighted by atomic mass is 35.5. The van der Waals surface area contributed by atoms with Gasteiger partial charge in [-0.05, 0) is 30.3 Å². The first-order chi connectivity index (χ1) is 15.3. The van der Waals surface area contributed by atoms with Crippen molar-refractivity contribution in [2.24, 2.45) is 0 Å². The highest BCUT2D eigenvalue weighted by Gasteiger charge is 2.25. The number of rotatable bonds is 6. The third-order valence-electron chi connectivity index (χ3n) is 5.31. The summed E-state index contributed by atoms with van der Waals surface area (Å²) in [5.74, 6) is -1.47. The number of hydrogen-bond acceptors (Lipinski definition) is 3. The number of para-hydroxylation sites is 2. The molecule has 0 aliphatic rings. The predicted octanol–water partition coefficient (Wildman–Crippen LogP) is 5.07. The van der Waals surface area contributed by atoms with Crippen molar-refractivity contribution in [2.45, 2.75) is 17.2 Å². The molecular formula is C24H20ClFN2O3S. The molecule has 0 atom stereocenters. The minimum absolute atomic E-state index is 0.0302. The Morgan fingerprint density at radius 2 is 1.69 bits per heavy atom. The highest BCUT2D eigenvalue weighted by Crippen LogP contribution is 2.30. The van der Waals surface area contributed by atoms with Crippen LogP contribution < -0.4 is 4.90 Å². The van der Waals surface area contributed by atoms with Crippen LogP contribution in [0.2, 0.25) is 5.02 Å². The normalized spacial score (nSPS) is 11.6. The topological polar surface area (TPSA) is 59.4 Å². The summed E-state index contributed by atoms with van der Waals surface area (Å²) in [5, 5.41) is 0.520. The molecule has 1 aromatic heterocycles. The van der Waals surface area contributed by atoms with Gasteiger partial charge in [0.25, 0.3) is 0 Å². The fourth-order valence-electron chi connectivity index (χ4n) is 3.58. The second-order valence-corrected chi connectivity index (χ2v) is 9.75. The molecule has 164 valence electrons. The van der Waals surface area contributed by atoms with Gasteiger partial charge in [0, 0.05) is 40.4 Å². The van der Waals surface area contributed by atoms with Gasteiger partial charge < -0.3 is 9.47 Å². The fourth-order valence-corrected chi connectivity index (χ4v) is 5.51. The monoisotopic (exact) mass is 470 g/mol. The van der Waals surface area contributed by atoms with Crippen molar-refractivity contribution in [3.63, 3.8) is 0 Å². The molecule has 0 fully saturated rings. The lowest BCUT2D eigenvalue weighted by molar-refractivity contribution is -0.118. The van der Waals surface area contributed by atoms with Gasteiger partial charge in [0.2, 0.25) is 5.91 Å². The first-order valence-corrected chi connectivity index (χ1v) is 11.9. The van der Waals surface area contributed by atoms with E-state index in [0.29, 0.717) is 10.9 Å². The Balaban J connectivity index is 1.71. The Morgan fingerprint density at radius 3 is 2.41 bits per heavy atom. The van der Waals surface area contributed by atoms with Gasteiger partial charge in [0.05, 0.1) is 10.6 Å². The number of carbonyl (C=O) groups is 1. The van der Waals surface area contributed by atoms with Crippen molar-refractivity contribution in [3.8, 4) is 0 Å². The number of likely N-dealkylation sites (N-methyl/N-ethyl adjacent to an activating group) is 1. The van der Waals surface area contributed by atoms with E-state index in [4.69, 9.17) is 11.6 Å². The number of nitrogens with zero attached hydrogens (tertiary/aromatic N) is 2. The summed E-state index contributed by atoms with van der Waals surface area (Å²) < 4.78 is 42.3. The zero-order valence-electron chi connectivity index (χ0n) is 17.2. The van der Waals surface area contributed by atoms with Gasteiger partial charge >= 0.3 is 0 Å². The molecule has 1 heterocycles. The van der Waals surface area contributed by atoms with Gasteiger partial charge in [0.15, 0.2) is 9.84 Å². The van der Waals surface area contributed by atoms with E-state index in [2.05, 4.69) is 0 Å². The van der Waals surface area contributed by atoms with Crippen molar-refractivity contribution >= 4 is 43.9 Å². The van der Waals surface area contributed by atoms with Crippen LogP contribution in [0, 0.1) is 5.82 Å². The zero-order chi connectivity index (χ0) is 22.9. The van der Waals surface area contributed by atoms with Crippen LogP contribution in [0.4, 0.5) is 10.1 Å². The maximum Gasteiger partial charge on any atom is 0.246 e. The summed E-state index contributed by atoms with van der Waals surface area (Å²) in [5.41, 5.74) is 1.25. The lowest BCUT2D eigenvalue weighted by atomic mass is 10.2. The van der Waals surface area contributed by atoms with Crippen molar-refractivity contribution in [1.29, 1.82) is 0 Å². The van der Waals surface area contributed by atoms with E-state index < -0.39 is 21.4 Å². The van der Waals surface area contributed by atoms with Crippen molar-refractivity contribution in [3.05, 3.63) is 95.4 Å². The summed E-state index contributed by atoms with van der Waals surface area (Å²) in [7, 11) is -2.27. The number of benzene rings is 3. The fraction of sp³-hybridized carbons (Fsp3) is 0.125. The molecule has 8 heteroatoms. The van der Waals surface area contributed by atoms with Crippen LogP contribution in [0.3, 0.4) is 0 Å². The molecule has 0 saturated carbocycles. The molecule has 0 N–H and O–H groups in total. The quantitative estimate of drug-likeness (QED) is 0.395. The highest BCUT2D eigenvalue weighted by molar-refractivity contribution is 7.90. The number of amides is 1. The van der Waals surface area contributed by atoms with E-state index in [1.165, 1.54) is 29.3 Å². The second kappa shape index (κ2) is 8.76. The maximum absolute atomic E-state index is 14.2. The van der Waals surface area contributed by atoms with Crippen LogP contribution in [-0.2, 0) is 26.9 Å². The van der Waals surface area contributed by atoms with Crippen LogP contribution in [0.5, 0.6) is 0 Å². The summed E-state index contributed by atoms with van der Waals surface area (Å²) in [6, 6.07) is 20.1. The second-order valence-electron chi connectivity index (χ2n) is 7.39. The molecule has 32 heavy (non-hydrogen) atoms. The molecule has 0 spiro atoms. The molecule has 5 nitrogen and oxygen atoms in total. The zero-order valence-corrected chi connectivity index (χ0v) is 18.8. The first-order valence-electron chi connectivity index (χ1n) is 9.83. The number of fused-ring (bicyclic) bond motifs is 1. The summed E-state index contributed by atoms with van der Waals surface area (Å²) >= 11 is 6.05. The number of anilines is 1. The Hall–Kier alpha value is -3.16. The Labute approximate surface area is 190 Å². The number of carbonyl (C=O) groups excluding carboxylic acids is 1. The van der Waals surface area contributed by atoms with Gasteiger partial charge in [-0.15, -0.1) is 0 Å². The van der Waals surface area contributed by atoms with Crippen LogP contribution in [0.25, 0.3) is 10.9 Å². The number of halogens is 2. The van der Waals surface area contributed by atoms with E-state index in [-0.39, 0.29) is 27.9 Å². The number of hydrogen-bond donors (Lipinski definition) is 0. The Morgan fingerprint density at radius 1 is 1.00 bits per heavy atom. The molecule has 0 radical (unpaired) electrons. The SMILES string of the molecule is CN(C(=O)Cn1cc(S(=O)(=O)Cc2c(F)cccc2Cl)c2ccccc21)c1ccccc1. The van der Waals surface area contributed by atoms with Gasteiger partial charge in [-0.1, -0.05) is 54.1 Å². The molecule has 3 aromatic carbocycles. The largest absolute Gasteiger partial charge is 0.337 e. The summed E-state index contributed by atoms with van der Waals surface area (Å²) in [6.45, 7) is -0.0537. The molecule has 0 aliphatic carbocycles. The van der Waals surface area contributed by atoms with E-state index in [0.717, 1.165) is 5.69 Å². The maximum atomic E-state index is 14.2. The number of sulfone groups is 1. The van der Waals surface area contributed by atoms with Gasteiger partial charge in [-0.3, -0.25) is 4.79 Å². The average molecular weight is 471 g/mol. The molecule has 4 aromatic rings. The van der Waals surface area contributed by atoms with Crippen molar-refractivity contribution in [1.82, 2.24) is 4.57 Å². The standard InChI is InChI=1S/C24H20ClFN2O3S/c1-27(17-8-3-2-4-9-17)24(29)15-28-14-23(18-10-5-6-13-22(18)28)32(30,31)16-19-20(25)11-7-12-21(19)26/h2-14H,15-16H2,1H3. The lowest BCUT2D eigenvalue weighted by Gasteiger charge is -2.18. The Kier molecular flexibility index (Phi) is 6.04. The van der Waals surface area contributed by atoms with Gasteiger partial charge in [-0.25, -0.2) is 12.8 Å². The Bertz CT molecular complexity index is 1380. The molecule has 4 rings (SSSR count). The van der Waals surface area contributed by atoms with Crippen molar-refractivity contribution < 1.29 is 17.6 Å². The summed E-state index contributed by atoms with van der Waals surface area (Å²) in [6.07, 6.45) is 1.44. The summed E-state index contributed by atoms with van der Waals surface area (Å²) in [4.78, 5) is 14.4. The van der Waals surface area contributed by atoms with Crippen LogP contribution in [0.15, 0.2) is 83.9 Å². The van der Waals surface area contributed by atoms with Crippen LogP contribution in [-0.4, -0.2) is 25.9 Å². The lowest BCUT2D eigenvalue weighted by Crippen LogP contribution is -2.29. The molecular weight excluding hydrogens is 451 g/mol. The predicted molar refractivity (Wildman–Crippen MR) is 124 cm³/mol. The van der Waals surface area contributed by atoms with E-state index >= 15 is 0 Å².